The van der Waals surface area contributed by atoms with Crippen molar-refractivity contribution in [2.75, 3.05) is 13.3 Å². The Morgan fingerprint density at radius 3 is 2.46 bits per heavy atom. The van der Waals surface area contributed by atoms with E-state index < -0.39 is 4.92 Å². The Labute approximate surface area is 206 Å². The summed E-state index contributed by atoms with van der Waals surface area (Å²) >= 11 is 1.56. The molecule has 10 heteroatoms. The van der Waals surface area contributed by atoms with E-state index in [1.54, 1.807) is 16.2 Å². The van der Waals surface area contributed by atoms with E-state index in [0.29, 0.717) is 24.6 Å². The summed E-state index contributed by atoms with van der Waals surface area (Å²) < 4.78 is 10.8. The van der Waals surface area contributed by atoms with Gasteiger partial charge >= 0.3 is 0 Å². The fourth-order valence-electron chi connectivity index (χ4n) is 3.71. The van der Waals surface area contributed by atoms with Gasteiger partial charge in [0.25, 0.3) is 11.6 Å². The smallest absolute Gasteiger partial charge is 0.269 e. The zero-order valence-corrected chi connectivity index (χ0v) is 20.2. The number of nitrogens with zero attached hydrogens (tertiary/aromatic N) is 3. The average molecular weight is 496 g/mol. The van der Waals surface area contributed by atoms with Crippen molar-refractivity contribution >= 4 is 28.8 Å². The Balaban J connectivity index is 1.53. The van der Waals surface area contributed by atoms with Crippen LogP contribution in [-0.4, -0.2) is 45.9 Å². The van der Waals surface area contributed by atoms with Gasteiger partial charge < -0.3 is 19.3 Å². The first-order valence-corrected chi connectivity index (χ1v) is 11.9. The normalized spacial score (nSPS) is 12.0. The fourth-order valence-corrected chi connectivity index (χ4v) is 4.43. The summed E-state index contributed by atoms with van der Waals surface area (Å²) in [4.78, 5) is 41.3. The Hall–Kier alpha value is -3.92. The van der Waals surface area contributed by atoms with Crippen molar-refractivity contribution in [1.29, 1.82) is 0 Å². The first kappa shape index (κ1) is 24.2. The lowest BCUT2D eigenvalue weighted by atomic mass is 10.1. The van der Waals surface area contributed by atoms with Crippen LogP contribution in [0.2, 0.25) is 0 Å². The molecule has 0 spiro atoms. The quantitative estimate of drug-likeness (QED) is 0.321. The van der Waals surface area contributed by atoms with E-state index in [1.807, 2.05) is 49.6 Å². The van der Waals surface area contributed by atoms with E-state index in [1.165, 1.54) is 29.2 Å². The van der Waals surface area contributed by atoms with Gasteiger partial charge in [0, 0.05) is 35.2 Å². The molecule has 1 aliphatic rings. The van der Waals surface area contributed by atoms with E-state index in [4.69, 9.17) is 9.47 Å². The molecule has 0 atom stereocenters. The van der Waals surface area contributed by atoms with Gasteiger partial charge in [-0.1, -0.05) is 12.1 Å². The molecule has 2 aromatic carbocycles. The van der Waals surface area contributed by atoms with Crippen LogP contribution in [-0.2, 0) is 17.9 Å². The Bertz CT molecular complexity index is 1210. The lowest BCUT2D eigenvalue weighted by Gasteiger charge is -2.30. The van der Waals surface area contributed by atoms with Crippen LogP contribution in [0.5, 0.6) is 11.5 Å². The van der Waals surface area contributed by atoms with Gasteiger partial charge in [-0.05, 0) is 55.1 Å². The van der Waals surface area contributed by atoms with Crippen molar-refractivity contribution in [3.63, 3.8) is 0 Å². The van der Waals surface area contributed by atoms with Crippen LogP contribution in [0.3, 0.4) is 0 Å². The molecule has 0 bridgehead atoms. The van der Waals surface area contributed by atoms with Crippen molar-refractivity contribution in [1.82, 2.24) is 9.80 Å². The number of fused-ring (bicyclic) bond motifs is 1. The molecule has 35 heavy (non-hydrogen) atoms. The molecule has 9 nitrogen and oxygen atoms in total. The monoisotopic (exact) mass is 495 g/mol. The lowest BCUT2D eigenvalue weighted by molar-refractivity contribution is -0.384. The highest BCUT2D eigenvalue weighted by molar-refractivity contribution is 7.09. The number of hydrogen-bond donors (Lipinski definition) is 0. The summed E-state index contributed by atoms with van der Waals surface area (Å²) in [6.45, 7) is 4.46. The lowest BCUT2D eigenvalue weighted by Crippen LogP contribution is -2.45. The summed E-state index contributed by atoms with van der Waals surface area (Å²) in [5.74, 6) is 0.746. The first-order chi connectivity index (χ1) is 16.8. The largest absolute Gasteiger partial charge is 0.454 e. The molecule has 1 aliphatic heterocycles. The summed E-state index contributed by atoms with van der Waals surface area (Å²) in [5.41, 5.74) is 1.08. The second-order valence-electron chi connectivity index (χ2n) is 8.35. The van der Waals surface area contributed by atoms with E-state index in [9.17, 15) is 19.7 Å². The zero-order chi connectivity index (χ0) is 24.9. The average Bonchev–Trinajstić information content (AvgIpc) is 3.53. The van der Waals surface area contributed by atoms with Gasteiger partial charge in [0.05, 0.1) is 11.5 Å². The van der Waals surface area contributed by atoms with Crippen LogP contribution in [0.1, 0.15) is 34.6 Å². The minimum atomic E-state index is -0.517. The maximum absolute atomic E-state index is 13.5. The Morgan fingerprint density at radius 1 is 1.06 bits per heavy atom. The number of ether oxygens (including phenoxy) is 2. The number of amides is 2. The number of carbonyl (C=O) groups is 2. The van der Waals surface area contributed by atoms with Crippen LogP contribution in [0.15, 0.2) is 60.0 Å². The number of rotatable bonds is 9. The maximum atomic E-state index is 13.5. The molecule has 0 saturated carbocycles. The minimum Gasteiger partial charge on any atom is -0.454 e. The van der Waals surface area contributed by atoms with Crippen molar-refractivity contribution in [2.24, 2.45) is 0 Å². The van der Waals surface area contributed by atoms with E-state index in [0.717, 1.165) is 10.4 Å². The molecule has 0 aliphatic carbocycles. The van der Waals surface area contributed by atoms with Crippen molar-refractivity contribution < 1.29 is 24.0 Å². The molecule has 0 fully saturated rings. The number of non-ortho nitro benzene ring substituents is 1. The standard InChI is InChI=1S/C25H25N3O6S/c1-17(2)27(25(30)19-6-8-20(9-7-19)28(31)32)15-24(29)26(14-21-4-3-11-35-21)13-18-5-10-22-23(12-18)34-16-33-22/h3-12,17H,13-16H2,1-2H3. The fraction of sp³-hybridized carbons (Fsp3) is 0.280. The number of hydrogen-bond acceptors (Lipinski definition) is 7. The molecule has 0 radical (unpaired) electrons. The van der Waals surface area contributed by atoms with Crippen molar-refractivity contribution in [3.8, 4) is 11.5 Å². The Morgan fingerprint density at radius 2 is 1.80 bits per heavy atom. The molecule has 2 amide bonds. The number of carbonyl (C=O) groups excluding carboxylic acids is 2. The van der Waals surface area contributed by atoms with Gasteiger partial charge in [0.1, 0.15) is 6.54 Å². The van der Waals surface area contributed by atoms with Crippen LogP contribution < -0.4 is 9.47 Å². The molecule has 4 rings (SSSR count). The molecular formula is C25H25N3O6S. The predicted molar refractivity (Wildman–Crippen MR) is 130 cm³/mol. The number of benzene rings is 2. The van der Waals surface area contributed by atoms with Gasteiger partial charge in [-0.2, -0.15) is 0 Å². The summed E-state index contributed by atoms with van der Waals surface area (Å²) in [6, 6.07) is 14.6. The summed E-state index contributed by atoms with van der Waals surface area (Å²) in [7, 11) is 0. The molecule has 0 saturated heterocycles. The van der Waals surface area contributed by atoms with Gasteiger partial charge in [0.15, 0.2) is 11.5 Å². The van der Waals surface area contributed by atoms with Crippen LogP contribution >= 0.6 is 11.3 Å². The van der Waals surface area contributed by atoms with Gasteiger partial charge in [0.2, 0.25) is 12.7 Å². The highest BCUT2D eigenvalue weighted by Crippen LogP contribution is 2.33. The van der Waals surface area contributed by atoms with E-state index in [2.05, 4.69) is 0 Å². The molecule has 1 aromatic heterocycles. The molecule has 0 N–H and O–H groups in total. The third-order valence-electron chi connectivity index (χ3n) is 5.60. The third-order valence-corrected chi connectivity index (χ3v) is 6.47. The SMILES string of the molecule is CC(C)N(CC(=O)N(Cc1ccc2c(c1)OCO2)Cc1cccs1)C(=O)c1ccc([N+](=O)[O-])cc1. The molecule has 0 unspecified atom stereocenters. The highest BCUT2D eigenvalue weighted by atomic mass is 32.1. The van der Waals surface area contributed by atoms with Gasteiger partial charge in [-0.3, -0.25) is 19.7 Å². The third kappa shape index (κ3) is 5.78. The first-order valence-electron chi connectivity index (χ1n) is 11.1. The summed E-state index contributed by atoms with van der Waals surface area (Å²) in [6.07, 6.45) is 0. The van der Waals surface area contributed by atoms with Crippen LogP contribution in [0, 0.1) is 10.1 Å². The van der Waals surface area contributed by atoms with Crippen molar-refractivity contribution in [2.45, 2.75) is 33.0 Å². The Kier molecular flexibility index (Phi) is 7.31. The second-order valence-corrected chi connectivity index (χ2v) is 9.38. The number of nitro groups is 1. The molecular weight excluding hydrogens is 470 g/mol. The summed E-state index contributed by atoms with van der Waals surface area (Å²) in [5, 5.41) is 12.9. The van der Waals surface area contributed by atoms with Crippen LogP contribution in [0.4, 0.5) is 5.69 Å². The maximum Gasteiger partial charge on any atom is 0.269 e. The van der Waals surface area contributed by atoms with Crippen LogP contribution in [0.25, 0.3) is 0 Å². The topological polar surface area (TPSA) is 102 Å². The van der Waals surface area contributed by atoms with Gasteiger partial charge in [-0.25, -0.2) is 0 Å². The predicted octanol–water partition coefficient (Wildman–Crippen LogP) is 4.46. The molecule has 3 aromatic rings. The van der Waals surface area contributed by atoms with Crippen molar-refractivity contribution in [3.05, 3.63) is 86.1 Å². The molecule has 2 heterocycles. The minimum absolute atomic E-state index is 0.0976. The van der Waals surface area contributed by atoms with E-state index in [-0.39, 0.29) is 42.4 Å². The number of thiophene rings is 1. The number of nitro benzene ring substituents is 1. The van der Waals surface area contributed by atoms with E-state index >= 15 is 0 Å². The highest BCUT2D eigenvalue weighted by Gasteiger charge is 2.26. The second kappa shape index (κ2) is 10.6. The van der Waals surface area contributed by atoms with Gasteiger partial charge in [-0.15, -0.1) is 11.3 Å². The molecule has 182 valence electrons. The zero-order valence-electron chi connectivity index (χ0n) is 19.4.